The molecule has 1 aliphatic rings. The first kappa shape index (κ1) is 14.6. The van der Waals surface area contributed by atoms with Crippen molar-refractivity contribution in [1.29, 1.82) is 0 Å². The predicted octanol–water partition coefficient (Wildman–Crippen LogP) is 4.44. The van der Waals surface area contributed by atoms with E-state index in [1.54, 1.807) is 17.2 Å². The number of benzene rings is 1. The standard InChI is InChI=1S/C15H10BrNO2S2/c16-11-5-3-10(4-6-11)8-13-14(18)17(15(20)21-13)9-12-2-1-7-19-12/h1-8H,9H2/b13-8+. The highest BCUT2D eigenvalue weighted by Gasteiger charge is 2.32. The number of furan rings is 1. The maximum absolute atomic E-state index is 12.4. The Morgan fingerprint density at radius 2 is 2.05 bits per heavy atom. The lowest BCUT2D eigenvalue weighted by atomic mass is 10.2. The smallest absolute Gasteiger partial charge is 0.266 e. The van der Waals surface area contributed by atoms with Crippen LogP contribution >= 0.6 is 39.9 Å². The Morgan fingerprint density at radius 3 is 2.71 bits per heavy atom. The van der Waals surface area contributed by atoms with E-state index >= 15 is 0 Å². The Kier molecular flexibility index (Phi) is 4.28. The molecule has 2 aromatic rings. The van der Waals surface area contributed by atoms with Gasteiger partial charge in [0, 0.05) is 4.47 Å². The van der Waals surface area contributed by atoms with E-state index in [0.29, 0.717) is 15.8 Å². The van der Waals surface area contributed by atoms with Crippen molar-refractivity contribution in [1.82, 2.24) is 4.90 Å². The number of carbonyl (C=O) groups excluding carboxylic acids is 1. The molecule has 0 spiro atoms. The largest absolute Gasteiger partial charge is 0.467 e. The number of amides is 1. The van der Waals surface area contributed by atoms with E-state index in [-0.39, 0.29) is 5.91 Å². The molecule has 6 heteroatoms. The van der Waals surface area contributed by atoms with Gasteiger partial charge in [-0.2, -0.15) is 0 Å². The number of hydrogen-bond acceptors (Lipinski definition) is 4. The van der Waals surface area contributed by atoms with Crippen molar-refractivity contribution >= 4 is 56.2 Å². The molecule has 3 nitrogen and oxygen atoms in total. The van der Waals surface area contributed by atoms with Gasteiger partial charge in [-0.1, -0.05) is 52.0 Å². The second-order valence-electron chi connectivity index (χ2n) is 4.40. The summed E-state index contributed by atoms with van der Waals surface area (Å²) in [5, 5.41) is 0. The minimum Gasteiger partial charge on any atom is -0.467 e. The highest BCUT2D eigenvalue weighted by molar-refractivity contribution is 9.10. The molecule has 106 valence electrons. The van der Waals surface area contributed by atoms with Gasteiger partial charge >= 0.3 is 0 Å². The van der Waals surface area contributed by atoms with Crippen LogP contribution in [0.4, 0.5) is 0 Å². The number of rotatable bonds is 3. The summed E-state index contributed by atoms with van der Waals surface area (Å²) in [6, 6.07) is 11.4. The third-order valence-electron chi connectivity index (χ3n) is 2.94. The molecule has 1 aromatic carbocycles. The molecule has 1 fully saturated rings. The van der Waals surface area contributed by atoms with E-state index in [2.05, 4.69) is 15.9 Å². The average Bonchev–Trinajstić information content (AvgIpc) is 3.06. The molecule has 0 aliphatic carbocycles. The Bertz CT molecular complexity index is 708. The quantitative estimate of drug-likeness (QED) is 0.582. The molecule has 21 heavy (non-hydrogen) atoms. The molecule has 0 atom stereocenters. The van der Waals surface area contributed by atoms with Crippen LogP contribution in [0, 0.1) is 0 Å². The van der Waals surface area contributed by atoms with Gasteiger partial charge in [-0.05, 0) is 35.9 Å². The van der Waals surface area contributed by atoms with Gasteiger partial charge in [-0.15, -0.1) is 0 Å². The normalized spacial score (nSPS) is 17.0. The average molecular weight is 380 g/mol. The third kappa shape index (κ3) is 3.28. The Hall–Kier alpha value is -1.37. The molecule has 2 heterocycles. The molecular formula is C15H10BrNO2S2. The summed E-state index contributed by atoms with van der Waals surface area (Å²) in [7, 11) is 0. The van der Waals surface area contributed by atoms with Crippen molar-refractivity contribution in [3.05, 3.63) is 63.4 Å². The Morgan fingerprint density at radius 1 is 1.29 bits per heavy atom. The van der Waals surface area contributed by atoms with Crippen LogP contribution in [0.2, 0.25) is 0 Å². The number of thiocarbonyl (C=S) groups is 1. The molecule has 1 amide bonds. The van der Waals surface area contributed by atoms with Gasteiger partial charge in [0.15, 0.2) is 0 Å². The molecule has 1 saturated heterocycles. The molecule has 1 aliphatic heterocycles. The number of hydrogen-bond donors (Lipinski definition) is 0. The first-order valence-corrected chi connectivity index (χ1v) is 8.18. The van der Waals surface area contributed by atoms with Crippen molar-refractivity contribution in [2.45, 2.75) is 6.54 Å². The fourth-order valence-corrected chi connectivity index (χ4v) is 3.42. The van der Waals surface area contributed by atoms with Gasteiger partial charge in [0.1, 0.15) is 10.1 Å². The fraction of sp³-hybridized carbons (Fsp3) is 0.0667. The first-order valence-electron chi connectivity index (χ1n) is 6.17. The van der Waals surface area contributed by atoms with E-state index < -0.39 is 0 Å². The van der Waals surface area contributed by atoms with Crippen LogP contribution in [-0.4, -0.2) is 15.1 Å². The van der Waals surface area contributed by atoms with E-state index in [0.717, 1.165) is 15.8 Å². The number of halogens is 1. The minimum absolute atomic E-state index is 0.0793. The maximum atomic E-state index is 12.4. The predicted molar refractivity (Wildman–Crippen MR) is 91.6 cm³/mol. The molecular weight excluding hydrogens is 370 g/mol. The van der Waals surface area contributed by atoms with Gasteiger partial charge < -0.3 is 4.42 Å². The van der Waals surface area contributed by atoms with Gasteiger partial charge in [0.05, 0.1) is 17.7 Å². The molecule has 0 radical (unpaired) electrons. The van der Waals surface area contributed by atoms with Gasteiger partial charge in [-0.3, -0.25) is 9.69 Å². The highest BCUT2D eigenvalue weighted by Crippen LogP contribution is 2.33. The maximum Gasteiger partial charge on any atom is 0.266 e. The summed E-state index contributed by atoms with van der Waals surface area (Å²) in [5.74, 6) is 0.639. The number of carbonyl (C=O) groups is 1. The van der Waals surface area contributed by atoms with E-state index in [1.807, 2.05) is 36.4 Å². The topological polar surface area (TPSA) is 33.5 Å². The third-order valence-corrected chi connectivity index (χ3v) is 4.84. The molecule has 0 saturated carbocycles. The molecule has 0 unspecified atom stereocenters. The lowest BCUT2D eigenvalue weighted by molar-refractivity contribution is -0.122. The van der Waals surface area contributed by atoms with Crippen molar-refractivity contribution < 1.29 is 9.21 Å². The molecule has 1 aromatic heterocycles. The molecule has 0 N–H and O–H groups in total. The second-order valence-corrected chi connectivity index (χ2v) is 6.99. The van der Waals surface area contributed by atoms with Crippen LogP contribution in [0.3, 0.4) is 0 Å². The number of thioether (sulfide) groups is 1. The zero-order valence-corrected chi connectivity index (χ0v) is 14.0. The van der Waals surface area contributed by atoms with Crippen LogP contribution in [-0.2, 0) is 11.3 Å². The van der Waals surface area contributed by atoms with Gasteiger partial charge in [0.25, 0.3) is 5.91 Å². The van der Waals surface area contributed by atoms with Crippen molar-refractivity contribution in [3.8, 4) is 0 Å². The summed E-state index contributed by atoms with van der Waals surface area (Å²) in [6.45, 7) is 0.370. The van der Waals surface area contributed by atoms with Crippen LogP contribution < -0.4 is 0 Å². The van der Waals surface area contributed by atoms with Crippen LogP contribution in [0.15, 0.2) is 56.5 Å². The van der Waals surface area contributed by atoms with E-state index in [4.69, 9.17) is 16.6 Å². The fourth-order valence-electron chi connectivity index (χ4n) is 1.91. The zero-order valence-electron chi connectivity index (χ0n) is 10.8. The highest BCUT2D eigenvalue weighted by atomic mass is 79.9. The first-order chi connectivity index (χ1) is 10.1. The van der Waals surface area contributed by atoms with Crippen molar-refractivity contribution in [3.63, 3.8) is 0 Å². The summed E-state index contributed by atoms with van der Waals surface area (Å²) >= 11 is 9.99. The summed E-state index contributed by atoms with van der Waals surface area (Å²) in [5.41, 5.74) is 0.969. The van der Waals surface area contributed by atoms with Crippen molar-refractivity contribution in [2.24, 2.45) is 0 Å². The van der Waals surface area contributed by atoms with Crippen molar-refractivity contribution in [2.75, 3.05) is 0 Å². The van der Waals surface area contributed by atoms with Gasteiger partial charge in [0.2, 0.25) is 0 Å². The Balaban J connectivity index is 1.81. The zero-order chi connectivity index (χ0) is 14.8. The minimum atomic E-state index is -0.0793. The Labute approximate surface area is 140 Å². The van der Waals surface area contributed by atoms with E-state index in [9.17, 15) is 4.79 Å². The second kappa shape index (κ2) is 6.17. The summed E-state index contributed by atoms with van der Waals surface area (Å²) in [6.07, 6.45) is 3.44. The van der Waals surface area contributed by atoms with Crippen LogP contribution in [0.25, 0.3) is 6.08 Å². The van der Waals surface area contributed by atoms with Crippen LogP contribution in [0.1, 0.15) is 11.3 Å². The van der Waals surface area contributed by atoms with E-state index in [1.165, 1.54) is 11.8 Å². The van der Waals surface area contributed by atoms with Gasteiger partial charge in [-0.25, -0.2) is 0 Å². The van der Waals surface area contributed by atoms with Crippen LogP contribution in [0.5, 0.6) is 0 Å². The lowest BCUT2D eigenvalue weighted by Crippen LogP contribution is -2.27. The SMILES string of the molecule is O=C1/C(=C\c2ccc(Br)cc2)SC(=S)N1Cc1ccco1. The lowest BCUT2D eigenvalue weighted by Gasteiger charge is -2.11. The molecule has 3 rings (SSSR count). The molecule has 0 bridgehead atoms. The summed E-state index contributed by atoms with van der Waals surface area (Å²) < 4.78 is 6.83. The summed E-state index contributed by atoms with van der Waals surface area (Å²) in [4.78, 5) is 14.6. The monoisotopic (exact) mass is 379 g/mol. The number of nitrogens with zero attached hydrogens (tertiary/aromatic N) is 1.